The van der Waals surface area contributed by atoms with Crippen LogP contribution >= 0.6 is 0 Å². The topological polar surface area (TPSA) is 37.3 Å². The Bertz CT molecular complexity index is 467. The normalized spacial score (nSPS) is 12.6. The number of rotatable bonds is 18. The Morgan fingerprint density at radius 2 is 1.00 bits per heavy atom. The lowest BCUT2D eigenvalue weighted by atomic mass is 10.1. The summed E-state index contributed by atoms with van der Waals surface area (Å²) in [4.78, 5) is 10.4. The summed E-state index contributed by atoms with van der Waals surface area (Å²) in [6.07, 6.45) is 35.7. The number of allylic oxidation sites excluding steroid dienone is 10. The smallest absolute Gasteiger partial charge is 0.303 e. The second kappa shape index (κ2) is 22.2. The van der Waals surface area contributed by atoms with Crippen LogP contribution in [0.15, 0.2) is 60.8 Å². The third-order valence-corrected chi connectivity index (χ3v) is 4.17. The van der Waals surface area contributed by atoms with Crippen LogP contribution in [0.1, 0.15) is 90.4 Å². The molecule has 0 aromatic heterocycles. The molecular weight excluding hydrogens is 332 g/mol. The average Bonchev–Trinajstić information content (AvgIpc) is 2.65. The van der Waals surface area contributed by atoms with E-state index in [1.165, 1.54) is 25.7 Å². The fourth-order valence-corrected chi connectivity index (χ4v) is 2.61. The monoisotopic (exact) mass is 372 g/mol. The van der Waals surface area contributed by atoms with Crippen molar-refractivity contribution in [1.82, 2.24) is 0 Å². The molecule has 0 aliphatic rings. The van der Waals surface area contributed by atoms with Gasteiger partial charge in [0, 0.05) is 6.42 Å². The number of aliphatic carboxylic acids is 1. The Morgan fingerprint density at radius 3 is 1.48 bits per heavy atom. The van der Waals surface area contributed by atoms with E-state index >= 15 is 0 Å². The largest absolute Gasteiger partial charge is 0.481 e. The van der Waals surface area contributed by atoms with Crippen LogP contribution in [0.4, 0.5) is 0 Å². The predicted molar refractivity (Wildman–Crippen MR) is 119 cm³/mol. The fourth-order valence-electron chi connectivity index (χ4n) is 2.61. The van der Waals surface area contributed by atoms with Gasteiger partial charge < -0.3 is 5.11 Å². The van der Waals surface area contributed by atoms with Gasteiger partial charge in [0.05, 0.1) is 0 Å². The molecule has 0 bridgehead atoms. The molecule has 152 valence electrons. The maximum Gasteiger partial charge on any atom is 0.303 e. The molecule has 0 saturated heterocycles. The van der Waals surface area contributed by atoms with E-state index < -0.39 is 5.97 Å². The summed E-state index contributed by atoms with van der Waals surface area (Å²) in [7, 11) is 0. The molecule has 2 heteroatoms. The van der Waals surface area contributed by atoms with E-state index in [0.29, 0.717) is 6.42 Å². The number of unbranched alkanes of at least 4 members (excludes halogenated alkanes) is 6. The van der Waals surface area contributed by atoms with E-state index in [1.54, 1.807) is 0 Å². The molecule has 2 nitrogen and oxygen atoms in total. The molecule has 0 aromatic rings. The van der Waals surface area contributed by atoms with Crippen molar-refractivity contribution in [3.05, 3.63) is 60.8 Å². The predicted octanol–water partition coefficient (Wildman–Crippen LogP) is 7.94. The second-order valence-corrected chi connectivity index (χ2v) is 6.76. The molecule has 0 aromatic carbocycles. The highest BCUT2D eigenvalue weighted by molar-refractivity contribution is 5.66. The van der Waals surface area contributed by atoms with Gasteiger partial charge in [-0.15, -0.1) is 0 Å². The van der Waals surface area contributed by atoms with Crippen LogP contribution < -0.4 is 0 Å². The molecule has 0 fully saturated rings. The third-order valence-electron chi connectivity index (χ3n) is 4.17. The van der Waals surface area contributed by atoms with Crippen LogP contribution in [0.2, 0.25) is 0 Å². The Morgan fingerprint density at radius 1 is 0.593 bits per heavy atom. The van der Waals surface area contributed by atoms with Crippen molar-refractivity contribution in [3.8, 4) is 0 Å². The molecule has 0 heterocycles. The summed E-state index contributed by atoms with van der Waals surface area (Å²) in [5, 5.41) is 8.56. The standard InChI is InChI=1S/C25H40O2/c1-2-3-4-5-6-7-8-9-10-11-12-13-14-15-16-17-18-19-20-21-22-23-24-25(26)27/h3-4,6-7,9-10,12-13,15-16H,2,5,8,11,14,17-24H2,1H3,(H,26,27)/b4-3-,7-6-,10-9-,13-12-,16-15-. The van der Waals surface area contributed by atoms with Crippen LogP contribution in [0, 0.1) is 0 Å². The molecule has 0 atom stereocenters. The molecule has 0 spiro atoms. The second-order valence-electron chi connectivity index (χ2n) is 6.76. The van der Waals surface area contributed by atoms with E-state index in [-0.39, 0.29) is 0 Å². The van der Waals surface area contributed by atoms with Crippen molar-refractivity contribution < 1.29 is 9.90 Å². The lowest BCUT2D eigenvalue weighted by Crippen LogP contribution is -1.93. The zero-order chi connectivity index (χ0) is 19.8. The Balaban J connectivity index is 3.36. The van der Waals surface area contributed by atoms with Gasteiger partial charge in [-0.05, 0) is 51.4 Å². The molecule has 1 N–H and O–H groups in total. The highest BCUT2D eigenvalue weighted by Gasteiger charge is 1.96. The summed E-state index contributed by atoms with van der Waals surface area (Å²) < 4.78 is 0. The number of carboxylic acid groups (broad SMARTS) is 1. The van der Waals surface area contributed by atoms with Crippen molar-refractivity contribution in [3.63, 3.8) is 0 Å². The number of hydrogen-bond donors (Lipinski definition) is 1. The molecule has 0 saturated carbocycles. The van der Waals surface area contributed by atoms with Gasteiger partial charge in [-0.1, -0.05) is 93.4 Å². The molecule has 27 heavy (non-hydrogen) atoms. The fraction of sp³-hybridized carbons (Fsp3) is 0.560. The number of carboxylic acids is 1. The van der Waals surface area contributed by atoms with Crippen molar-refractivity contribution >= 4 is 5.97 Å². The van der Waals surface area contributed by atoms with Gasteiger partial charge in [0.25, 0.3) is 0 Å². The molecular formula is C25H40O2. The van der Waals surface area contributed by atoms with E-state index in [0.717, 1.165) is 51.4 Å². The van der Waals surface area contributed by atoms with Gasteiger partial charge in [-0.2, -0.15) is 0 Å². The van der Waals surface area contributed by atoms with Crippen LogP contribution in [0.5, 0.6) is 0 Å². The molecule has 0 aliphatic carbocycles. The number of carbonyl (C=O) groups is 1. The first kappa shape index (κ1) is 25.2. The van der Waals surface area contributed by atoms with Crippen LogP contribution in [0.3, 0.4) is 0 Å². The summed E-state index contributed by atoms with van der Waals surface area (Å²) in [5.41, 5.74) is 0. The molecule has 0 radical (unpaired) electrons. The third kappa shape index (κ3) is 24.2. The maximum atomic E-state index is 10.4. The summed E-state index contributed by atoms with van der Waals surface area (Å²) in [5.74, 6) is -0.673. The van der Waals surface area contributed by atoms with Gasteiger partial charge in [-0.3, -0.25) is 4.79 Å². The van der Waals surface area contributed by atoms with Gasteiger partial charge in [0.1, 0.15) is 0 Å². The van der Waals surface area contributed by atoms with Crippen LogP contribution in [0.25, 0.3) is 0 Å². The average molecular weight is 373 g/mol. The molecule has 0 rings (SSSR count). The van der Waals surface area contributed by atoms with E-state index in [4.69, 9.17) is 5.11 Å². The van der Waals surface area contributed by atoms with Crippen LogP contribution in [-0.2, 0) is 4.79 Å². The van der Waals surface area contributed by atoms with Crippen molar-refractivity contribution in [2.75, 3.05) is 0 Å². The summed E-state index contributed by atoms with van der Waals surface area (Å²) in [6.45, 7) is 2.16. The van der Waals surface area contributed by atoms with Crippen LogP contribution in [-0.4, -0.2) is 11.1 Å². The van der Waals surface area contributed by atoms with Crippen molar-refractivity contribution in [2.24, 2.45) is 0 Å². The Hall–Kier alpha value is -1.83. The molecule has 0 amide bonds. The van der Waals surface area contributed by atoms with Crippen molar-refractivity contribution in [1.29, 1.82) is 0 Å². The van der Waals surface area contributed by atoms with Gasteiger partial charge in [0.15, 0.2) is 0 Å². The minimum absolute atomic E-state index is 0.319. The SMILES string of the molecule is CC/C=C\C/C=C\C/C=C\C/C=C\C/C=C\CCCCCCCCC(=O)O. The van der Waals surface area contributed by atoms with Gasteiger partial charge in [0.2, 0.25) is 0 Å². The lowest BCUT2D eigenvalue weighted by Gasteiger charge is -1.99. The highest BCUT2D eigenvalue weighted by Crippen LogP contribution is 2.09. The van der Waals surface area contributed by atoms with Gasteiger partial charge in [-0.25, -0.2) is 0 Å². The Labute approximate surface area is 167 Å². The summed E-state index contributed by atoms with van der Waals surface area (Å²) in [6, 6.07) is 0. The van der Waals surface area contributed by atoms with Crippen molar-refractivity contribution in [2.45, 2.75) is 90.4 Å². The van der Waals surface area contributed by atoms with E-state index in [1.807, 2.05) is 0 Å². The van der Waals surface area contributed by atoms with E-state index in [2.05, 4.69) is 67.7 Å². The highest BCUT2D eigenvalue weighted by atomic mass is 16.4. The number of hydrogen-bond acceptors (Lipinski definition) is 1. The van der Waals surface area contributed by atoms with Gasteiger partial charge >= 0.3 is 5.97 Å². The lowest BCUT2D eigenvalue weighted by molar-refractivity contribution is -0.137. The Kier molecular flexibility index (Phi) is 20.7. The first-order chi connectivity index (χ1) is 13.3. The minimum atomic E-state index is -0.673. The minimum Gasteiger partial charge on any atom is -0.481 e. The van der Waals surface area contributed by atoms with E-state index in [9.17, 15) is 4.79 Å². The first-order valence-electron chi connectivity index (χ1n) is 10.7. The quantitative estimate of drug-likeness (QED) is 0.196. The molecule has 0 unspecified atom stereocenters. The first-order valence-corrected chi connectivity index (χ1v) is 10.7. The zero-order valence-corrected chi connectivity index (χ0v) is 17.3. The maximum absolute atomic E-state index is 10.4. The summed E-state index contributed by atoms with van der Waals surface area (Å²) >= 11 is 0. The zero-order valence-electron chi connectivity index (χ0n) is 17.3. The molecule has 0 aliphatic heterocycles.